The Kier molecular flexibility index (Phi) is 10.4. The SMILES string of the molecule is CC(C)CN(C1CCN(C(=O)[C@@H](Cc2ccc(Cl)cc2)NC(=O)C[C@@H]2NCCc3ccccc32)CC1)[C@H]1CCNC1. The van der Waals surface area contributed by atoms with Crippen LogP contribution in [0.1, 0.15) is 62.3 Å². The van der Waals surface area contributed by atoms with Crippen LogP contribution in [0.3, 0.4) is 0 Å². The van der Waals surface area contributed by atoms with Gasteiger partial charge in [-0.2, -0.15) is 0 Å². The van der Waals surface area contributed by atoms with Crippen molar-refractivity contribution >= 4 is 23.4 Å². The molecule has 0 aromatic heterocycles. The van der Waals surface area contributed by atoms with E-state index in [0.717, 1.165) is 64.1 Å². The van der Waals surface area contributed by atoms with Gasteiger partial charge in [0.2, 0.25) is 11.8 Å². The van der Waals surface area contributed by atoms with E-state index in [1.807, 2.05) is 35.2 Å². The first-order chi connectivity index (χ1) is 19.9. The average molecular weight is 580 g/mol. The number of hydrogen-bond donors (Lipinski definition) is 3. The molecule has 2 fully saturated rings. The molecule has 5 rings (SSSR count). The van der Waals surface area contributed by atoms with E-state index in [2.05, 4.69) is 52.9 Å². The lowest BCUT2D eigenvalue weighted by Gasteiger charge is -2.42. The first-order valence-corrected chi connectivity index (χ1v) is 15.9. The minimum atomic E-state index is -0.607. The molecule has 222 valence electrons. The van der Waals surface area contributed by atoms with E-state index in [1.54, 1.807) is 0 Å². The molecule has 0 radical (unpaired) electrons. The zero-order valence-electron chi connectivity index (χ0n) is 24.6. The van der Waals surface area contributed by atoms with E-state index in [0.29, 0.717) is 35.9 Å². The van der Waals surface area contributed by atoms with E-state index in [4.69, 9.17) is 11.6 Å². The van der Waals surface area contributed by atoms with Crippen LogP contribution >= 0.6 is 11.6 Å². The molecule has 3 atom stereocenters. The highest BCUT2D eigenvalue weighted by molar-refractivity contribution is 6.30. The third kappa shape index (κ3) is 7.89. The maximum Gasteiger partial charge on any atom is 0.245 e. The summed E-state index contributed by atoms with van der Waals surface area (Å²) < 4.78 is 0. The van der Waals surface area contributed by atoms with Gasteiger partial charge in [-0.3, -0.25) is 14.5 Å². The topological polar surface area (TPSA) is 76.7 Å². The van der Waals surface area contributed by atoms with Gasteiger partial charge in [-0.05, 0) is 73.5 Å². The molecule has 3 aliphatic rings. The van der Waals surface area contributed by atoms with Crippen molar-refractivity contribution in [3.05, 3.63) is 70.2 Å². The highest BCUT2D eigenvalue weighted by atomic mass is 35.5. The van der Waals surface area contributed by atoms with Crippen LogP contribution in [0, 0.1) is 5.92 Å². The van der Waals surface area contributed by atoms with Crippen LogP contribution in [0.2, 0.25) is 5.02 Å². The van der Waals surface area contributed by atoms with Crippen LogP contribution in [0.5, 0.6) is 0 Å². The smallest absolute Gasteiger partial charge is 0.245 e. The Morgan fingerprint density at radius 1 is 1.02 bits per heavy atom. The summed E-state index contributed by atoms with van der Waals surface area (Å²) >= 11 is 6.12. The summed E-state index contributed by atoms with van der Waals surface area (Å²) in [5.41, 5.74) is 3.46. The predicted octanol–water partition coefficient (Wildman–Crippen LogP) is 3.96. The maximum atomic E-state index is 14.0. The van der Waals surface area contributed by atoms with Crippen molar-refractivity contribution in [1.29, 1.82) is 0 Å². The van der Waals surface area contributed by atoms with Crippen LogP contribution in [-0.2, 0) is 22.4 Å². The summed E-state index contributed by atoms with van der Waals surface area (Å²) in [4.78, 5) is 32.0. The summed E-state index contributed by atoms with van der Waals surface area (Å²) in [6.07, 6.45) is 4.86. The lowest BCUT2D eigenvalue weighted by molar-refractivity contribution is -0.138. The fourth-order valence-electron chi connectivity index (χ4n) is 6.85. The van der Waals surface area contributed by atoms with Gasteiger partial charge in [0.05, 0.1) is 0 Å². The third-order valence-electron chi connectivity index (χ3n) is 8.92. The molecular weight excluding hydrogens is 534 g/mol. The standard InChI is InChI=1S/C33H46ClN5O2/c1-23(2)22-39(28-12-15-35-21-28)27-13-17-38(18-14-27)33(41)31(19-24-7-9-26(34)10-8-24)37-32(40)20-30-29-6-4-3-5-25(29)11-16-36-30/h3-10,23,27-28,30-31,35-36H,11-22H2,1-2H3,(H,37,40)/t28-,30-,31+/m0/s1. The molecule has 0 bridgehead atoms. The van der Waals surface area contributed by atoms with Crippen LogP contribution in [-0.4, -0.2) is 79.0 Å². The van der Waals surface area contributed by atoms with Crippen molar-refractivity contribution in [1.82, 2.24) is 25.8 Å². The second-order valence-corrected chi connectivity index (χ2v) is 12.8. The quantitative estimate of drug-likeness (QED) is 0.397. The molecular formula is C33H46ClN5O2. The Labute approximate surface area is 250 Å². The van der Waals surface area contributed by atoms with E-state index in [9.17, 15) is 9.59 Å². The Bertz CT molecular complexity index is 1160. The highest BCUT2D eigenvalue weighted by Gasteiger charge is 2.35. The van der Waals surface area contributed by atoms with Crippen molar-refractivity contribution in [3.63, 3.8) is 0 Å². The third-order valence-corrected chi connectivity index (χ3v) is 9.17. The Morgan fingerprint density at radius 2 is 1.78 bits per heavy atom. The maximum absolute atomic E-state index is 14.0. The minimum Gasteiger partial charge on any atom is -0.344 e. The van der Waals surface area contributed by atoms with E-state index < -0.39 is 6.04 Å². The Hall–Kier alpha value is -2.45. The minimum absolute atomic E-state index is 0.0155. The molecule has 0 aliphatic carbocycles. The van der Waals surface area contributed by atoms with Gasteiger partial charge >= 0.3 is 0 Å². The molecule has 41 heavy (non-hydrogen) atoms. The van der Waals surface area contributed by atoms with Gasteiger partial charge in [0.1, 0.15) is 6.04 Å². The fourth-order valence-corrected chi connectivity index (χ4v) is 6.97. The van der Waals surface area contributed by atoms with E-state index in [1.165, 1.54) is 17.5 Å². The lowest BCUT2D eigenvalue weighted by Crippen LogP contribution is -2.55. The normalized spacial score (nSPS) is 22.1. The molecule has 3 heterocycles. The van der Waals surface area contributed by atoms with Crippen LogP contribution in [0.25, 0.3) is 0 Å². The number of carbonyl (C=O) groups is 2. The van der Waals surface area contributed by atoms with Crippen molar-refractivity contribution in [2.75, 3.05) is 39.3 Å². The number of hydrogen-bond acceptors (Lipinski definition) is 5. The first-order valence-electron chi connectivity index (χ1n) is 15.5. The van der Waals surface area contributed by atoms with Crippen molar-refractivity contribution < 1.29 is 9.59 Å². The number of likely N-dealkylation sites (tertiary alicyclic amines) is 1. The average Bonchev–Trinajstić information content (AvgIpc) is 3.51. The summed E-state index contributed by atoms with van der Waals surface area (Å²) in [7, 11) is 0. The molecule has 3 aliphatic heterocycles. The Balaban J connectivity index is 1.25. The second-order valence-electron chi connectivity index (χ2n) is 12.4. The number of nitrogens with one attached hydrogen (secondary N) is 3. The molecule has 2 aromatic carbocycles. The molecule has 2 saturated heterocycles. The van der Waals surface area contributed by atoms with Gasteiger partial charge in [-0.1, -0.05) is 61.8 Å². The number of amides is 2. The number of carbonyl (C=O) groups excluding carboxylic acids is 2. The zero-order chi connectivity index (χ0) is 28.8. The molecule has 0 unspecified atom stereocenters. The predicted molar refractivity (Wildman–Crippen MR) is 165 cm³/mol. The van der Waals surface area contributed by atoms with Crippen LogP contribution in [0.15, 0.2) is 48.5 Å². The van der Waals surface area contributed by atoms with Gasteiger partial charge in [-0.15, -0.1) is 0 Å². The van der Waals surface area contributed by atoms with Crippen molar-refractivity contribution in [2.24, 2.45) is 5.92 Å². The highest BCUT2D eigenvalue weighted by Crippen LogP contribution is 2.26. The second kappa shape index (κ2) is 14.1. The monoisotopic (exact) mass is 579 g/mol. The Morgan fingerprint density at radius 3 is 2.49 bits per heavy atom. The van der Waals surface area contributed by atoms with Crippen LogP contribution in [0.4, 0.5) is 0 Å². The molecule has 7 nitrogen and oxygen atoms in total. The number of benzene rings is 2. The number of piperidine rings is 1. The molecule has 0 spiro atoms. The molecule has 2 amide bonds. The molecule has 0 saturated carbocycles. The number of fused-ring (bicyclic) bond motifs is 1. The number of rotatable bonds is 10. The first kappa shape index (κ1) is 30.0. The zero-order valence-corrected chi connectivity index (χ0v) is 25.3. The van der Waals surface area contributed by atoms with Crippen molar-refractivity contribution in [3.8, 4) is 0 Å². The van der Waals surface area contributed by atoms with Gasteiger partial charge in [0.25, 0.3) is 0 Å². The summed E-state index contributed by atoms with van der Waals surface area (Å²) in [6, 6.07) is 16.3. The van der Waals surface area contributed by atoms with Crippen LogP contribution < -0.4 is 16.0 Å². The lowest BCUT2D eigenvalue weighted by atomic mass is 9.92. The largest absolute Gasteiger partial charge is 0.344 e. The number of nitrogens with zero attached hydrogens (tertiary/aromatic N) is 2. The van der Waals surface area contributed by atoms with Gasteiger partial charge in [-0.25, -0.2) is 0 Å². The van der Waals surface area contributed by atoms with E-state index in [-0.39, 0.29) is 17.9 Å². The van der Waals surface area contributed by atoms with Gasteiger partial charge < -0.3 is 20.9 Å². The van der Waals surface area contributed by atoms with E-state index >= 15 is 0 Å². The summed E-state index contributed by atoms with van der Waals surface area (Å²) in [6.45, 7) is 10.1. The molecule has 8 heteroatoms. The number of halogens is 1. The molecule has 3 N–H and O–H groups in total. The van der Waals surface area contributed by atoms with Gasteiger partial charge in [0.15, 0.2) is 0 Å². The van der Waals surface area contributed by atoms with Crippen molar-refractivity contribution in [2.45, 2.75) is 76.5 Å². The van der Waals surface area contributed by atoms with Gasteiger partial charge in [0, 0.05) is 62.2 Å². The summed E-state index contributed by atoms with van der Waals surface area (Å²) in [5.74, 6) is 0.528. The fraction of sp³-hybridized carbons (Fsp3) is 0.576. The summed E-state index contributed by atoms with van der Waals surface area (Å²) in [5, 5.41) is 10.8. The molecule has 2 aromatic rings.